The van der Waals surface area contributed by atoms with Gasteiger partial charge in [0.2, 0.25) is 0 Å². The van der Waals surface area contributed by atoms with Crippen LogP contribution < -0.4 is 4.74 Å². The summed E-state index contributed by atoms with van der Waals surface area (Å²) in [6.45, 7) is -0.579. The van der Waals surface area contributed by atoms with E-state index in [1.807, 2.05) is 0 Å². The van der Waals surface area contributed by atoms with Crippen LogP contribution in [-0.2, 0) is 4.74 Å². The molecule has 0 atom stereocenters. The Labute approximate surface area is 129 Å². The number of hydrogen-bond donors (Lipinski definition) is 0. The highest BCUT2D eigenvalue weighted by Gasteiger charge is 2.17. The Morgan fingerprint density at radius 3 is 2.55 bits per heavy atom. The number of rotatable bonds is 6. The van der Waals surface area contributed by atoms with Gasteiger partial charge >= 0.3 is 6.61 Å². The molecule has 0 saturated carbocycles. The Morgan fingerprint density at radius 2 is 1.95 bits per heavy atom. The first-order chi connectivity index (χ1) is 10.6. The topological polar surface area (TPSA) is 38.8 Å². The quantitative estimate of drug-likeness (QED) is 0.809. The van der Waals surface area contributed by atoms with Crippen LogP contribution in [0.4, 0.5) is 8.78 Å². The van der Waals surface area contributed by atoms with Crippen LogP contribution in [0.2, 0.25) is 0 Å². The maximum absolute atomic E-state index is 12.3. The number of benzene rings is 1. The van der Waals surface area contributed by atoms with Gasteiger partial charge in [0.25, 0.3) is 5.91 Å². The molecule has 0 aliphatic carbocycles. The van der Waals surface area contributed by atoms with E-state index in [9.17, 15) is 13.6 Å². The van der Waals surface area contributed by atoms with Gasteiger partial charge in [0.15, 0.2) is 0 Å². The van der Waals surface area contributed by atoms with E-state index >= 15 is 0 Å². The van der Waals surface area contributed by atoms with Crippen molar-refractivity contribution in [1.82, 2.24) is 4.90 Å². The number of hydrogen-bond acceptors (Lipinski definition) is 3. The van der Waals surface area contributed by atoms with Gasteiger partial charge in [-0.25, -0.2) is 0 Å². The summed E-state index contributed by atoms with van der Waals surface area (Å²) < 4.78 is 33.7. The number of carbonyl (C=O) groups excluding carboxylic acids is 1. The molecule has 22 heavy (non-hydrogen) atoms. The Hall–Kier alpha value is -1.69. The Kier molecular flexibility index (Phi) is 6.12. The van der Waals surface area contributed by atoms with E-state index in [2.05, 4.69) is 4.74 Å². The molecular formula is C16H21F2NO3. The number of halogens is 2. The molecule has 4 nitrogen and oxygen atoms in total. The fourth-order valence-corrected chi connectivity index (χ4v) is 2.51. The summed E-state index contributed by atoms with van der Waals surface area (Å²) in [5.41, 5.74) is 0.469. The van der Waals surface area contributed by atoms with E-state index < -0.39 is 6.61 Å². The largest absolute Gasteiger partial charge is 0.435 e. The lowest BCUT2D eigenvalue weighted by Gasteiger charge is -2.25. The first-order valence-corrected chi connectivity index (χ1v) is 7.44. The Balaban J connectivity index is 1.84. The molecule has 1 aliphatic heterocycles. The van der Waals surface area contributed by atoms with E-state index in [0.717, 1.165) is 32.5 Å². The van der Waals surface area contributed by atoms with Gasteiger partial charge in [-0.15, -0.1) is 0 Å². The average Bonchev–Trinajstić information content (AvgIpc) is 2.53. The second-order valence-corrected chi connectivity index (χ2v) is 5.47. The van der Waals surface area contributed by atoms with Crippen molar-refractivity contribution in [3.05, 3.63) is 29.8 Å². The minimum atomic E-state index is -2.86. The number of alkyl halides is 2. The van der Waals surface area contributed by atoms with Crippen molar-refractivity contribution in [2.24, 2.45) is 5.92 Å². The lowest BCUT2D eigenvalue weighted by atomic mass is 9.96. The van der Waals surface area contributed by atoms with Crippen LogP contribution in [0.1, 0.15) is 29.6 Å². The van der Waals surface area contributed by atoms with Gasteiger partial charge in [-0.05, 0) is 49.4 Å². The molecule has 2 rings (SSSR count). The third kappa shape index (κ3) is 4.94. The molecule has 0 radical (unpaired) electrons. The predicted molar refractivity (Wildman–Crippen MR) is 78.2 cm³/mol. The Morgan fingerprint density at radius 1 is 1.32 bits per heavy atom. The SMILES string of the molecule is CN(CCC1CCOCC1)C(=O)c1ccc(OC(F)F)cc1. The molecule has 1 amide bonds. The number of amides is 1. The molecule has 1 aliphatic rings. The summed E-state index contributed by atoms with van der Waals surface area (Å²) in [4.78, 5) is 13.9. The molecule has 122 valence electrons. The third-order valence-corrected chi connectivity index (χ3v) is 3.89. The van der Waals surface area contributed by atoms with E-state index in [1.165, 1.54) is 24.3 Å². The van der Waals surface area contributed by atoms with Crippen molar-refractivity contribution >= 4 is 5.91 Å². The zero-order valence-electron chi connectivity index (χ0n) is 12.6. The Bertz CT molecular complexity index is 473. The van der Waals surface area contributed by atoms with Gasteiger partial charge in [0.1, 0.15) is 5.75 Å². The summed E-state index contributed by atoms with van der Waals surface area (Å²) >= 11 is 0. The number of nitrogens with zero attached hydrogens (tertiary/aromatic N) is 1. The van der Waals surface area contributed by atoms with Gasteiger partial charge < -0.3 is 14.4 Å². The van der Waals surface area contributed by atoms with Crippen molar-refractivity contribution < 1.29 is 23.0 Å². The smallest absolute Gasteiger partial charge is 0.387 e. The fraction of sp³-hybridized carbons (Fsp3) is 0.562. The van der Waals surface area contributed by atoms with E-state index in [-0.39, 0.29) is 11.7 Å². The molecule has 1 aromatic carbocycles. The molecule has 0 aromatic heterocycles. The molecule has 0 N–H and O–H groups in total. The molecule has 1 aromatic rings. The van der Waals surface area contributed by atoms with Gasteiger partial charge in [-0.3, -0.25) is 4.79 Å². The highest BCUT2D eigenvalue weighted by molar-refractivity contribution is 5.94. The molecular weight excluding hydrogens is 292 g/mol. The molecule has 0 bridgehead atoms. The van der Waals surface area contributed by atoms with E-state index in [4.69, 9.17) is 4.74 Å². The minimum absolute atomic E-state index is 0.0522. The summed E-state index contributed by atoms with van der Waals surface area (Å²) in [5.74, 6) is 0.540. The van der Waals surface area contributed by atoms with Crippen LogP contribution >= 0.6 is 0 Å². The van der Waals surface area contributed by atoms with Crippen LogP contribution in [0.15, 0.2) is 24.3 Å². The molecule has 0 spiro atoms. The average molecular weight is 313 g/mol. The van der Waals surface area contributed by atoms with Gasteiger partial charge in [0.05, 0.1) is 0 Å². The van der Waals surface area contributed by atoms with Crippen LogP contribution in [0.5, 0.6) is 5.75 Å². The lowest BCUT2D eigenvalue weighted by Crippen LogP contribution is -2.30. The number of ether oxygens (including phenoxy) is 2. The second-order valence-electron chi connectivity index (χ2n) is 5.47. The van der Waals surface area contributed by atoms with Crippen LogP contribution in [0, 0.1) is 5.92 Å². The predicted octanol–water partition coefficient (Wildman–Crippen LogP) is 3.18. The summed E-state index contributed by atoms with van der Waals surface area (Å²) in [6.07, 6.45) is 3.04. The first kappa shape index (κ1) is 16.7. The first-order valence-electron chi connectivity index (χ1n) is 7.44. The fourth-order valence-electron chi connectivity index (χ4n) is 2.51. The van der Waals surface area contributed by atoms with E-state index in [1.54, 1.807) is 11.9 Å². The summed E-state index contributed by atoms with van der Waals surface area (Å²) in [5, 5.41) is 0. The lowest BCUT2D eigenvalue weighted by molar-refractivity contribution is -0.0498. The highest BCUT2D eigenvalue weighted by atomic mass is 19.3. The van der Waals surface area contributed by atoms with Crippen LogP contribution in [0.25, 0.3) is 0 Å². The molecule has 6 heteroatoms. The zero-order valence-corrected chi connectivity index (χ0v) is 12.6. The van der Waals surface area contributed by atoms with Crippen molar-refractivity contribution in [3.63, 3.8) is 0 Å². The standard InChI is InChI=1S/C16H21F2NO3/c1-19(9-6-12-7-10-21-11-8-12)15(20)13-2-4-14(5-3-13)22-16(17)18/h2-5,12,16H,6-11H2,1H3. The maximum Gasteiger partial charge on any atom is 0.387 e. The summed E-state index contributed by atoms with van der Waals surface area (Å²) in [7, 11) is 1.76. The van der Waals surface area contributed by atoms with Gasteiger partial charge in [0, 0.05) is 32.4 Å². The van der Waals surface area contributed by atoms with Crippen molar-refractivity contribution in [1.29, 1.82) is 0 Å². The van der Waals surface area contributed by atoms with Gasteiger partial charge in [-0.2, -0.15) is 8.78 Å². The highest BCUT2D eigenvalue weighted by Crippen LogP contribution is 2.20. The van der Waals surface area contributed by atoms with Crippen molar-refractivity contribution in [3.8, 4) is 5.75 Å². The monoisotopic (exact) mass is 313 g/mol. The minimum Gasteiger partial charge on any atom is -0.435 e. The normalized spacial score (nSPS) is 15.8. The second kappa shape index (κ2) is 8.08. The molecule has 1 heterocycles. The van der Waals surface area contributed by atoms with Crippen LogP contribution in [0.3, 0.4) is 0 Å². The summed E-state index contributed by atoms with van der Waals surface area (Å²) in [6, 6.07) is 5.77. The molecule has 0 unspecified atom stereocenters. The molecule has 1 fully saturated rings. The van der Waals surface area contributed by atoms with E-state index in [0.29, 0.717) is 18.0 Å². The van der Waals surface area contributed by atoms with Crippen molar-refractivity contribution in [2.75, 3.05) is 26.8 Å². The zero-order chi connectivity index (χ0) is 15.9. The van der Waals surface area contributed by atoms with Crippen LogP contribution in [-0.4, -0.2) is 44.2 Å². The third-order valence-electron chi connectivity index (χ3n) is 3.89. The molecule has 1 saturated heterocycles. The number of carbonyl (C=O) groups is 1. The maximum atomic E-state index is 12.3. The van der Waals surface area contributed by atoms with Crippen molar-refractivity contribution in [2.45, 2.75) is 25.9 Å². The van der Waals surface area contributed by atoms with Gasteiger partial charge in [-0.1, -0.05) is 0 Å².